The van der Waals surface area contributed by atoms with Crippen molar-refractivity contribution in [2.45, 2.75) is 105 Å². The summed E-state index contributed by atoms with van der Waals surface area (Å²) in [6, 6.07) is 36.3. The van der Waals surface area contributed by atoms with E-state index in [4.69, 9.17) is 78.5 Å². The monoisotopic (exact) mass is 912 g/mol. The van der Waals surface area contributed by atoms with E-state index in [2.05, 4.69) is 135 Å². The van der Waals surface area contributed by atoms with Crippen LogP contribution in [-0.2, 0) is 25.7 Å². The Balaban J connectivity index is 1.45. The number of hydrogen-bond donors (Lipinski definition) is 0. The van der Waals surface area contributed by atoms with Crippen LogP contribution in [0.2, 0.25) is 0 Å². The molecular formula is C58H52B11N3. The van der Waals surface area contributed by atoms with Gasteiger partial charge in [0.25, 0.3) is 6.71 Å². The molecular weight excluding hydrogens is 858 g/mol. The number of unbranched alkanes of at least 4 members (excludes halogenated alkanes) is 4. The minimum atomic E-state index is -0.165. The molecule has 0 aliphatic carbocycles. The van der Waals surface area contributed by atoms with Crippen LogP contribution in [0.25, 0.3) is 0 Å². The lowest BCUT2D eigenvalue weighted by Gasteiger charge is -2.45. The van der Waals surface area contributed by atoms with Crippen LogP contribution in [0, 0.1) is 0 Å². The van der Waals surface area contributed by atoms with Crippen molar-refractivity contribution in [1.82, 2.24) is 0 Å². The van der Waals surface area contributed by atoms with Crippen LogP contribution in [0.5, 0.6) is 0 Å². The summed E-state index contributed by atoms with van der Waals surface area (Å²) in [6.07, 6.45) is 12.7. The summed E-state index contributed by atoms with van der Waals surface area (Å²) in [5.74, 6) is 0. The Bertz CT molecular complexity index is 2910. The van der Waals surface area contributed by atoms with E-state index in [1.54, 1.807) is 4.90 Å². The molecule has 332 valence electrons. The van der Waals surface area contributed by atoms with Crippen molar-refractivity contribution >= 4 is 207 Å². The van der Waals surface area contributed by atoms with E-state index in [9.17, 15) is 0 Å². The number of nitrogens with zero attached hydrogens (tertiary/aromatic N) is 3. The maximum Gasteiger partial charge on any atom is 0.252 e. The SMILES string of the molecule is [B]c1c([B])c([B])c(N(c2cc3c4c(c2)N(c2ccc(CCCC)cc2)c2ccc(CCCC)cc2B4c2cc(CCCC)ccc2N3c2ccc(CCCC)cc2)c2c([B])c([B])c([B])c([B])c2[B])c([B])c1[B]. The summed E-state index contributed by atoms with van der Waals surface area (Å²) in [7, 11) is 68.1. The first kappa shape index (κ1) is 51.6. The third kappa shape index (κ3) is 9.21. The molecule has 0 bridgehead atoms. The third-order valence-electron chi connectivity index (χ3n) is 14.9. The van der Waals surface area contributed by atoms with Crippen molar-refractivity contribution in [3.63, 3.8) is 0 Å². The average molecular weight is 910 g/mol. The maximum absolute atomic E-state index is 7.06. The van der Waals surface area contributed by atoms with E-state index in [0.717, 1.165) is 117 Å². The smallest absolute Gasteiger partial charge is 0.252 e. The molecule has 0 aromatic heterocycles. The molecule has 7 aromatic carbocycles. The van der Waals surface area contributed by atoms with Crippen molar-refractivity contribution in [3.05, 3.63) is 119 Å². The number of benzene rings is 7. The van der Waals surface area contributed by atoms with Crippen LogP contribution in [0.1, 0.15) is 101 Å². The summed E-state index contributed by atoms with van der Waals surface area (Å²) in [4.78, 5) is 6.53. The molecule has 2 aliphatic heterocycles. The first-order valence-corrected chi connectivity index (χ1v) is 25.8. The van der Waals surface area contributed by atoms with Gasteiger partial charge >= 0.3 is 0 Å². The highest BCUT2D eigenvalue weighted by molar-refractivity contribution is 7.00. The van der Waals surface area contributed by atoms with Gasteiger partial charge in [-0.1, -0.05) is 124 Å². The Morgan fingerprint density at radius 1 is 0.361 bits per heavy atom. The molecule has 0 spiro atoms. The Kier molecular flexibility index (Phi) is 15.5. The summed E-state index contributed by atoms with van der Waals surface area (Å²) in [6.45, 7) is 8.77. The minimum Gasteiger partial charge on any atom is -0.313 e. The van der Waals surface area contributed by atoms with Gasteiger partial charge < -0.3 is 14.7 Å². The number of rotatable bonds is 17. The van der Waals surface area contributed by atoms with E-state index >= 15 is 0 Å². The average Bonchev–Trinajstić information content (AvgIpc) is 3.40. The molecule has 0 N–H and O–H groups in total. The highest BCUT2D eigenvalue weighted by Gasteiger charge is 2.44. The lowest BCUT2D eigenvalue weighted by atomic mass is 9.33. The van der Waals surface area contributed by atoms with Crippen LogP contribution in [0.3, 0.4) is 0 Å². The molecule has 0 saturated carbocycles. The van der Waals surface area contributed by atoms with Crippen molar-refractivity contribution in [1.29, 1.82) is 0 Å². The molecule has 72 heavy (non-hydrogen) atoms. The fourth-order valence-corrected chi connectivity index (χ4v) is 10.8. The molecule has 7 aromatic rings. The maximum atomic E-state index is 7.06. The summed E-state index contributed by atoms with van der Waals surface area (Å²) >= 11 is 0. The zero-order chi connectivity index (χ0) is 51.1. The van der Waals surface area contributed by atoms with E-state index < -0.39 is 0 Å². The van der Waals surface area contributed by atoms with Crippen LogP contribution in [-0.4, -0.2) is 85.2 Å². The van der Waals surface area contributed by atoms with Gasteiger partial charge in [0.05, 0.1) is 5.69 Å². The molecule has 20 radical (unpaired) electrons. The molecule has 0 amide bonds. The number of anilines is 9. The summed E-state index contributed by atoms with van der Waals surface area (Å²) < 4.78 is 0. The zero-order valence-corrected chi connectivity index (χ0v) is 42.4. The number of aryl methyl sites for hydroxylation is 4. The van der Waals surface area contributed by atoms with Crippen LogP contribution in [0.4, 0.5) is 51.2 Å². The molecule has 0 saturated heterocycles. The normalized spacial score (nSPS) is 12.5. The fourth-order valence-electron chi connectivity index (χ4n) is 10.8. The van der Waals surface area contributed by atoms with E-state index in [0.29, 0.717) is 5.69 Å². The van der Waals surface area contributed by atoms with Crippen LogP contribution >= 0.6 is 0 Å². The quantitative estimate of drug-likeness (QED) is 0.130. The lowest BCUT2D eigenvalue weighted by Crippen LogP contribution is -2.61. The van der Waals surface area contributed by atoms with Crippen molar-refractivity contribution < 1.29 is 0 Å². The predicted octanol–water partition coefficient (Wildman–Crippen LogP) is 2.55. The molecule has 0 unspecified atom stereocenters. The van der Waals surface area contributed by atoms with Crippen LogP contribution < -0.4 is 85.7 Å². The van der Waals surface area contributed by atoms with Gasteiger partial charge in [-0.05, 0) is 139 Å². The third-order valence-corrected chi connectivity index (χ3v) is 14.9. The molecule has 9 rings (SSSR count). The zero-order valence-electron chi connectivity index (χ0n) is 42.4. The van der Waals surface area contributed by atoms with Gasteiger partial charge in [-0.15, -0.1) is 32.8 Å². The number of hydrogen-bond acceptors (Lipinski definition) is 3. The van der Waals surface area contributed by atoms with Crippen molar-refractivity contribution in [3.8, 4) is 0 Å². The van der Waals surface area contributed by atoms with Crippen molar-refractivity contribution in [2.75, 3.05) is 14.7 Å². The van der Waals surface area contributed by atoms with Gasteiger partial charge in [0, 0.05) is 45.5 Å². The first-order chi connectivity index (χ1) is 34.7. The molecule has 2 aliphatic rings. The largest absolute Gasteiger partial charge is 0.313 e. The van der Waals surface area contributed by atoms with Gasteiger partial charge in [0.1, 0.15) is 78.5 Å². The highest BCUT2D eigenvalue weighted by Crippen LogP contribution is 2.47. The standard InChI is InChI=1S/C58H52B11N3/c1-5-9-13-33-17-23-37(24-18-33)70-42-27-21-35(15-11-7-3)29-40(42)69-41-30-36(16-12-8-4)22-28-43(41)71(38-25-19-34(20-26-38)14-10-6-2)45-32-39(31-44(70)56(45)69)72(57-52(65)48(61)46(59)49(62)53(57)66)58-54(67)50(63)47(60)51(64)55(58)68/h17-32H,5-16H2,1-4H3. The van der Waals surface area contributed by atoms with Crippen molar-refractivity contribution in [2.24, 2.45) is 0 Å². The van der Waals surface area contributed by atoms with Gasteiger partial charge in [-0.25, -0.2) is 0 Å². The molecule has 0 fully saturated rings. The lowest BCUT2D eigenvalue weighted by molar-refractivity contribution is 0.795. The first-order valence-electron chi connectivity index (χ1n) is 25.8. The number of fused-ring (bicyclic) bond motifs is 4. The Morgan fingerprint density at radius 3 is 1.00 bits per heavy atom. The van der Waals surface area contributed by atoms with Gasteiger partial charge in [0.2, 0.25) is 0 Å². The summed E-state index contributed by atoms with van der Waals surface area (Å²) in [5.41, 5.74) is 16.3. The topological polar surface area (TPSA) is 9.72 Å². The molecule has 0 atom stereocenters. The molecule has 14 heteroatoms. The second kappa shape index (κ2) is 21.6. The molecule has 3 nitrogen and oxygen atoms in total. The van der Waals surface area contributed by atoms with Gasteiger partial charge in [-0.3, -0.25) is 0 Å². The van der Waals surface area contributed by atoms with Gasteiger partial charge in [0.15, 0.2) is 0 Å². The van der Waals surface area contributed by atoms with E-state index in [1.807, 2.05) is 0 Å². The second-order valence-electron chi connectivity index (χ2n) is 19.7. The second-order valence-corrected chi connectivity index (χ2v) is 19.7. The Hall–Kier alpha value is -5.35. The minimum absolute atomic E-state index is 0.0461. The van der Waals surface area contributed by atoms with E-state index in [1.165, 1.54) is 33.2 Å². The predicted molar refractivity (Wildman–Crippen MR) is 323 cm³/mol. The summed E-state index contributed by atoms with van der Waals surface area (Å²) in [5, 5.41) is 0. The fraction of sp³-hybridized carbons (Fsp3) is 0.276. The van der Waals surface area contributed by atoms with E-state index in [-0.39, 0.29) is 72.7 Å². The molecule has 2 heterocycles. The van der Waals surface area contributed by atoms with Crippen LogP contribution in [0.15, 0.2) is 97.1 Å². The Labute approximate surface area is 443 Å². The highest BCUT2D eigenvalue weighted by atomic mass is 15.2. The Morgan fingerprint density at radius 2 is 0.667 bits per heavy atom. The van der Waals surface area contributed by atoms with Gasteiger partial charge in [-0.2, -0.15) is 0 Å².